The molecule has 2 heterocycles. The zero-order valence-corrected chi connectivity index (χ0v) is 15.8. The predicted molar refractivity (Wildman–Crippen MR) is 105 cm³/mol. The Morgan fingerprint density at radius 3 is 2.85 bits per heavy atom. The molecule has 2 aliphatic heterocycles. The van der Waals surface area contributed by atoms with Crippen molar-refractivity contribution in [2.24, 2.45) is 0 Å². The van der Waals surface area contributed by atoms with Crippen LogP contribution in [0.15, 0.2) is 42.5 Å². The van der Waals surface area contributed by atoms with Crippen molar-refractivity contribution >= 4 is 11.7 Å². The van der Waals surface area contributed by atoms with E-state index in [1.54, 1.807) is 6.07 Å². The number of piperidine rings is 1. The van der Waals surface area contributed by atoms with Crippen LogP contribution in [0.25, 0.3) is 0 Å². The Morgan fingerprint density at radius 2 is 2.00 bits per heavy atom. The Bertz CT molecular complexity index is 928. The summed E-state index contributed by atoms with van der Waals surface area (Å²) >= 11 is 0. The molecule has 5 nitrogen and oxygen atoms in total. The van der Waals surface area contributed by atoms with Crippen LogP contribution in [0, 0.1) is 0 Å². The number of carbonyl (C=O) groups excluding carboxylic acids is 1. The van der Waals surface area contributed by atoms with Crippen molar-refractivity contribution in [3.8, 4) is 5.75 Å². The summed E-state index contributed by atoms with van der Waals surface area (Å²) in [6.07, 6.45) is 1.87. The van der Waals surface area contributed by atoms with E-state index in [0.717, 1.165) is 30.6 Å². The molecule has 2 bridgehead atoms. The Morgan fingerprint density at radius 1 is 1.19 bits per heavy atom. The normalized spacial score (nSPS) is 29.7. The highest BCUT2D eigenvalue weighted by molar-refractivity contribution is 5.92. The third kappa shape index (κ3) is 2.38. The van der Waals surface area contributed by atoms with Gasteiger partial charge in [0, 0.05) is 23.7 Å². The second-order valence-electron chi connectivity index (χ2n) is 8.42. The average molecular weight is 363 g/mol. The highest BCUT2D eigenvalue weighted by Crippen LogP contribution is 2.48. The number of benzene rings is 2. The van der Waals surface area contributed by atoms with Crippen molar-refractivity contribution in [1.29, 1.82) is 0 Å². The molecule has 0 spiro atoms. The summed E-state index contributed by atoms with van der Waals surface area (Å²) in [4.78, 5) is 17.5. The van der Waals surface area contributed by atoms with Crippen LogP contribution in [-0.4, -0.2) is 46.6 Å². The molecule has 140 valence electrons. The number of urea groups is 1. The van der Waals surface area contributed by atoms with Crippen molar-refractivity contribution in [3.63, 3.8) is 0 Å². The highest BCUT2D eigenvalue weighted by atomic mass is 16.3. The first-order chi connectivity index (χ1) is 13.0. The predicted octanol–water partition coefficient (Wildman–Crippen LogP) is 3.33. The van der Waals surface area contributed by atoms with Gasteiger partial charge in [-0.25, -0.2) is 4.79 Å². The maximum Gasteiger partial charge on any atom is 0.322 e. The summed E-state index contributed by atoms with van der Waals surface area (Å²) in [6.45, 7) is 3.89. The van der Waals surface area contributed by atoms with Gasteiger partial charge >= 0.3 is 6.03 Å². The van der Waals surface area contributed by atoms with E-state index in [1.807, 2.05) is 29.2 Å². The summed E-state index contributed by atoms with van der Waals surface area (Å²) in [5, 5.41) is 13.2. The van der Waals surface area contributed by atoms with Crippen LogP contribution in [-0.2, 0) is 18.4 Å². The molecule has 0 radical (unpaired) electrons. The zero-order chi connectivity index (χ0) is 18.8. The number of anilines is 1. The lowest BCUT2D eigenvalue weighted by Gasteiger charge is -2.58. The molecule has 1 aliphatic carbocycles. The van der Waals surface area contributed by atoms with Crippen molar-refractivity contribution in [2.45, 2.75) is 43.8 Å². The van der Waals surface area contributed by atoms with Crippen molar-refractivity contribution < 1.29 is 9.90 Å². The molecule has 0 saturated carbocycles. The smallest absolute Gasteiger partial charge is 0.322 e. The molecule has 2 aromatic carbocycles. The Kier molecular flexibility index (Phi) is 3.53. The van der Waals surface area contributed by atoms with Crippen molar-refractivity contribution in [3.05, 3.63) is 59.2 Å². The van der Waals surface area contributed by atoms with Crippen LogP contribution in [0.5, 0.6) is 5.75 Å². The molecule has 0 aromatic heterocycles. The largest absolute Gasteiger partial charge is 0.508 e. The number of likely N-dealkylation sites (tertiary alicyclic amines) is 1. The first-order valence-corrected chi connectivity index (χ1v) is 9.65. The molecular weight excluding hydrogens is 338 g/mol. The van der Waals surface area contributed by atoms with Gasteiger partial charge in [-0.05, 0) is 61.3 Å². The molecule has 27 heavy (non-hydrogen) atoms. The number of nitrogens with zero attached hydrogens (tertiary/aromatic N) is 2. The van der Waals surface area contributed by atoms with E-state index in [4.69, 9.17) is 0 Å². The Balaban J connectivity index is 1.62. The van der Waals surface area contributed by atoms with Crippen LogP contribution in [0.1, 0.15) is 30.0 Å². The molecule has 5 rings (SSSR count). The minimum Gasteiger partial charge on any atom is -0.508 e. The molecule has 2 aromatic rings. The SMILES string of the molecule is CN1CC[C@]2(C)c3cc(O)ccc3C[C@@H]1[C@H]2N1Cc2ccccc2NC1=O. The van der Waals surface area contributed by atoms with Gasteiger partial charge in [0.2, 0.25) is 0 Å². The van der Waals surface area contributed by atoms with E-state index in [0.29, 0.717) is 12.3 Å². The number of nitrogens with one attached hydrogen (secondary N) is 1. The third-order valence-corrected chi connectivity index (χ3v) is 6.90. The fourth-order valence-electron chi connectivity index (χ4n) is 5.45. The molecule has 5 heteroatoms. The van der Waals surface area contributed by atoms with E-state index < -0.39 is 0 Å². The lowest BCUT2D eigenvalue weighted by atomic mass is 9.61. The first kappa shape index (κ1) is 16.6. The number of carbonyl (C=O) groups is 1. The van der Waals surface area contributed by atoms with Gasteiger partial charge in [-0.15, -0.1) is 0 Å². The van der Waals surface area contributed by atoms with Gasteiger partial charge in [-0.1, -0.05) is 31.2 Å². The van der Waals surface area contributed by atoms with Crippen LogP contribution in [0.3, 0.4) is 0 Å². The maximum atomic E-state index is 13.1. The average Bonchev–Trinajstić information content (AvgIpc) is 2.65. The number of likely N-dealkylation sites (N-methyl/N-ethyl adjacent to an activating group) is 1. The number of rotatable bonds is 1. The van der Waals surface area contributed by atoms with E-state index in [9.17, 15) is 9.90 Å². The molecule has 1 saturated heterocycles. The minimum atomic E-state index is -0.173. The van der Waals surface area contributed by atoms with Crippen LogP contribution >= 0.6 is 0 Å². The lowest BCUT2D eigenvalue weighted by molar-refractivity contribution is 0.00765. The highest BCUT2D eigenvalue weighted by Gasteiger charge is 2.54. The maximum absolute atomic E-state index is 13.1. The standard InChI is InChI=1S/C22H25N3O2/c1-22-9-10-24(2)19(11-14-7-8-16(26)12-17(14)22)20(22)25-13-15-5-3-4-6-18(15)23-21(25)27/h3-8,12,19-20,26H,9-11,13H2,1-2H3,(H,23,27)/t19-,20-,22-/m1/s1. The Hall–Kier alpha value is -2.53. The van der Waals surface area contributed by atoms with E-state index in [-0.39, 0.29) is 23.5 Å². The first-order valence-electron chi connectivity index (χ1n) is 9.65. The summed E-state index contributed by atoms with van der Waals surface area (Å²) in [7, 11) is 2.17. The number of phenols is 1. The molecule has 2 amide bonds. The van der Waals surface area contributed by atoms with Crippen molar-refractivity contribution in [1.82, 2.24) is 9.80 Å². The molecule has 3 atom stereocenters. The number of para-hydroxylation sites is 1. The summed E-state index contributed by atoms with van der Waals surface area (Å²) in [6, 6.07) is 14.1. The molecule has 2 N–H and O–H groups in total. The molecule has 0 unspecified atom stereocenters. The number of hydrogen-bond acceptors (Lipinski definition) is 3. The molecule has 1 fully saturated rings. The van der Waals surface area contributed by atoms with E-state index >= 15 is 0 Å². The quantitative estimate of drug-likeness (QED) is 0.817. The molecular formula is C22H25N3O2. The monoisotopic (exact) mass is 363 g/mol. The third-order valence-electron chi connectivity index (χ3n) is 6.90. The van der Waals surface area contributed by atoms with Crippen LogP contribution < -0.4 is 5.32 Å². The molecule has 3 aliphatic rings. The summed E-state index contributed by atoms with van der Waals surface area (Å²) in [5.74, 6) is 0.305. The van der Waals surface area contributed by atoms with Gasteiger partial charge in [-0.2, -0.15) is 0 Å². The zero-order valence-electron chi connectivity index (χ0n) is 15.8. The second-order valence-corrected chi connectivity index (χ2v) is 8.42. The van der Waals surface area contributed by atoms with Gasteiger partial charge in [-0.3, -0.25) is 0 Å². The topological polar surface area (TPSA) is 55.8 Å². The lowest BCUT2D eigenvalue weighted by Crippen LogP contribution is -2.68. The van der Waals surface area contributed by atoms with Gasteiger partial charge in [0.25, 0.3) is 0 Å². The van der Waals surface area contributed by atoms with Gasteiger partial charge < -0.3 is 20.2 Å². The van der Waals surface area contributed by atoms with E-state index in [2.05, 4.69) is 36.3 Å². The summed E-state index contributed by atoms with van der Waals surface area (Å²) in [5.41, 5.74) is 4.39. The number of phenolic OH excluding ortho intramolecular Hbond substituents is 1. The fourth-order valence-corrected chi connectivity index (χ4v) is 5.45. The van der Waals surface area contributed by atoms with Crippen LogP contribution in [0.2, 0.25) is 0 Å². The minimum absolute atomic E-state index is 0.0196. The van der Waals surface area contributed by atoms with Gasteiger partial charge in [0.05, 0.1) is 6.04 Å². The van der Waals surface area contributed by atoms with Gasteiger partial charge in [0.1, 0.15) is 5.75 Å². The number of amides is 2. The number of hydrogen-bond donors (Lipinski definition) is 2. The van der Waals surface area contributed by atoms with Crippen LogP contribution in [0.4, 0.5) is 10.5 Å². The number of aromatic hydroxyl groups is 1. The van der Waals surface area contributed by atoms with Crippen molar-refractivity contribution in [2.75, 3.05) is 18.9 Å². The van der Waals surface area contributed by atoms with E-state index in [1.165, 1.54) is 11.1 Å². The summed E-state index contributed by atoms with van der Waals surface area (Å²) < 4.78 is 0. The van der Waals surface area contributed by atoms with Gasteiger partial charge in [0.15, 0.2) is 0 Å². The Labute approximate surface area is 159 Å². The second kappa shape index (κ2) is 5.73. The fraction of sp³-hybridized carbons (Fsp3) is 0.409. The number of fused-ring (bicyclic) bond motifs is 5.